The fourth-order valence-electron chi connectivity index (χ4n) is 1.66. The van der Waals surface area contributed by atoms with Crippen LogP contribution < -0.4 is 0 Å². The van der Waals surface area contributed by atoms with Gasteiger partial charge >= 0.3 is 5.97 Å². The van der Waals surface area contributed by atoms with Gasteiger partial charge in [0.15, 0.2) is 5.79 Å². The minimum atomic E-state index is -0.665. The van der Waals surface area contributed by atoms with Crippen molar-refractivity contribution in [2.75, 3.05) is 0 Å². The Morgan fingerprint density at radius 1 is 1.28 bits per heavy atom. The number of hydrogen-bond donors (Lipinski definition) is 0. The second kappa shape index (κ2) is 5.24. The van der Waals surface area contributed by atoms with Gasteiger partial charge < -0.3 is 14.2 Å². The quantitative estimate of drug-likeness (QED) is 0.441. The molecule has 0 spiro atoms. The van der Waals surface area contributed by atoms with E-state index in [9.17, 15) is 4.79 Å². The summed E-state index contributed by atoms with van der Waals surface area (Å²) < 4.78 is 16.4. The third-order valence-corrected chi connectivity index (χ3v) is 2.22. The van der Waals surface area contributed by atoms with Crippen molar-refractivity contribution in [3.8, 4) is 0 Å². The zero-order valence-corrected chi connectivity index (χ0v) is 11.7. The monoisotopic (exact) mass is 254 g/mol. The number of rotatable bonds is 3. The fraction of sp³-hybridized carbons (Fsp3) is 0.643. The normalized spacial score (nSPS) is 27.4. The van der Waals surface area contributed by atoms with Crippen LogP contribution in [0, 0.1) is 0 Å². The van der Waals surface area contributed by atoms with E-state index in [1.54, 1.807) is 12.2 Å². The van der Waals surface area contributed by atoms with Crippen LogP contribution in [0.25, 0.3) is 0 Å². The molecular weight excluding hydrogens is 232 g/mol. The molecule has 18 heavy (non-hydrogen) atoms. The standard InChI is InChI=1S/C14H22O4/c1-7-10-11(17-14(5,6)16-10)8-9-12(15)18-13(2,3)4/h7-11H,1H2,2-6H3/b9-8+/t10-,11-/m0/s1. The molecule has 0 saturated carbocycles. The Bertz CT molecular complexity index is 349. The van der Waals surface area contributed by atoms with Gasteiger partial charge in [0.2, 0.25) is 0 Å². The maximum atomic E-state index is 11.5. The summed E-state index contributed by atoms with van der Waals surface area (Å²) in [6, 6.07) is 0. The van der Waals surface area contributed by atoms with Gasteiger partial charge in [-0.25, -0.2) is 4.79 Å². The molecule has 0 aromatic heterocycles. The topological polar surface area (TPSA) is 44.8 Å². The zero-order valence-electron chi connectivity index (χ0n) is 11.7. The molecule has 0 aliphatic carbocycles. The van der Waals surface area contributed by atoms with Crippen molar-refractivity contribution in [2.24, 2.45) is 0 Å². The van der Waals surface area contributed by atoms with Gasteiger partial charge in [0, 0.05) is 6.08 Å². The summed E-state index contributed by atoms with van der Waals surface area (Å²) >= 11 is 0. The lowest BCUT2D eigenvalue weighted by molar-refractivity contribution is -0.149. The van der Waals surface area contributed by atoms with Crippen molar-refractivity contribution in [3.63, 3.8) is 0 Å². The van der Waals surface area contributed by atoms with Gasteiger partial charge in [0.25, 0.3) is 0 Å². The van der Waals surface area contributed by atoms with E-state index in [0.717, 1.165) is 0 Å². The van der Waals surface area contributed by atoms with Crippen molar-refractivity contribution in [1.82, 2.24) is 0 Å². The van der Waals surface area contributed by atoms with Crippen molar-refractivity contribution in [1.29, 1.82) is 0 Å². The fourth-order valence-corrected chi connectivity index (χ4v) is 1.66. The maximum absolute atomic E-state index is 11.5. The number of ether oxygens (including phenoxy) is 3. The Morgan fingerprint density at radius 3 is 2.33 bits per heavy atom. The molecular formula is C14H22O4. The van der Waals surface area contributed by atoms with Crippen LogP contribution in [0.3, 0.4) is 0 Å². The van der Waals surface area contributed by atoms with Crippen molar-refractivity contribution in [2.45, 2.75) is 58.2 Å². The first-order chi connectivity index (χ1) is 8.13. The van der Waals surface area contributed by atoms with Gasteiger partial charge in [-0.15, -0.1) is 6.58 Å². The van der Waals surface area contributed by atoms with E-state index in [1.165, 1.54) is 6.08 Å². The van der Waals surface area contributed by atoms with E-state index in [1.807, 2.05) is 34.6 Å². The van der Waals surface area contributed by atoms with Crippen LogP contribution in [0.1, 0.15) is 34.6 Å². The lowest BCUT2D eigenvalue weighted by Gasteiger charge is -2.18. The molecule has 0 aromatic rings. The highest BCUT2D eigenvalue weighted by Crippen LogP contribution is 2.29. The Labute approximate surface area is 109 Å². The molecule has 0 N–H and O–H groups in total. The first-order valence-corrected chi connectivity index (χ1v) is 6.02. The summed E-state index contributed by atoms with van der Waals surface area (Å²) in [4.78, 5) is 11.5. The number of carbonyl (C=O) groups is 1. The van der Waals surface area contributed by atoms with Crippen LogP contribution in [0.4, 0.5) is 0 Å². The molecule has 4 heteroatoms. The average Bonchev–Trinajstić information content (AvgIpc) is 2.47. The summed E-state index contributed by atoms with van der Waals surface area (Å²) in [5.41, 5.74) is -0.494. The smallest absolute Gasteiger partial charge is 0.331 e. The Morgan fingerprint density at radius 2 is 1.83 bits per heavy atom. The molecule has 0 aromatic carbocycles. The van der Waals surface area contributed by atoms with Crippen molar-refractivity contribution in [3.05, 3.63) is 24.8 Å². The Balaban J connectivity index is 2.61. The minimum absolute atomic E-state index is 0.251. The highest BCUT2D eigenvalue weighted by molar-refractivity contribution is 5.82. The summed E-state index contributed by atoms with van der Waals surface area (Å²) in [5, 5.41) is 0. The van der Waals surface area contributed by atoms with Gasteiger partial charge in [-0.3, -0.25) is 0 Å². The van der Waals surface area contributed by atoms with Crippen molar-refractivity contribution >= 4 is 5.97 Å². The van der Waals surface area contributed by atoms with E-state index in [2.05, 4.69) is 6.58 Å². The third-order valence-electron chi connectivity index (χ3n) is 2.22. The third kappa shape index (κ3) is 4.63. The SMILES string of the molecule is C=C[C@@H]1OC(C)(C)O[C@H]1/C=C/C(=O)OC(C)(C)C. The maximum Gasteiger partial charge on any atom is 0.331 e. The molecule has 0 amide bonds. The van der Waals surface area contributed by atoms with Crippen LogP contribution in [0.5, 0.6) is 0 Å². The molecule has 1 rings (SSSR count). The lowest BCUT2D eigenvalue weighted by atomic mass is 10.2. The Kier molecular flexibility index (Phi) is 4.35. The highest BCUT2D eigenvalue weighted by atomic mass is 16.7. The summed E-state index contributed by atoms with van der Waals surface area (Å²) in [5.74, 6) is -1.06. The summed E-state index contributed by atoms with van der Waals surface area (Å²) in [6.45, 7) is 12.8. The van der Waals surface area contributed by atoms with Crippen molar-refractivity contribution < 1.29 is 19.0 Å². The van der Waals surface area contributed by atoms with Crippen LogP contribution in [0.2, 0.25) is 0 Å². The van der Waals surface area contributed by atoms with Gasteiger partial charge in [0.1, 0.15) is 17.8 Å². The van der Waals surface area contributed by atoms with Crippen LogP contribution >= 0.6 is 0 Å². The molecule has 102 valence electrons. The van der Waals surface area contributed by atoms with E-state index < -0.39 is 17.4 Å². The molecule has 1 saturated heterocycles. The van der Waals surface area contributed by atoms with Crippen LogP contribution in [-0.2, 0) is 19.0 Å². The number of carbonyl (C=O) groups excluding carboxylic acids is 1. The van der Waals surface area contributed by atoms with E-state index in [0.29, 0.717) is 0 Å². The highest BCUT2D eigenvalue weighted by Gasteiger charge is 2.38. The van der Waals surface area contributed by atoms with Crippen LogP contribution in [-0.4, -0.2) is 29.6 Å². The second-order valence-corrected chi connectivity index (χ2v) is 5.69. The lowest BCUT2D eigenvalue weighted by Crippen LogP contribution is -2.23. The minimum Gasteiger partial charge on any atom is -0.457 e. The number of esters is 1. The Hall–Kier alpha value is -1.13. The van der Waals surface area contributed by atoms with E-state index >= 15 is 0 Å². The molecule has 1 aliphatic heterocycles. The average molecular weight is 254 g/mol. The second-order valence-electron chi connectivity index (χ2n) is 5.69. The molecule has 1 fully saturated rings. The van der Waals surface area contributed by atoms with Crippen LogP contribution in [0.15, 0.2) is 24.8 Å². The molecule has 1 heterocycles. The summed E-state index contributed by atoms with van der Waals surface area (Å²) in [7, 11) is 0. The van der Waals surface area contributed by atoms with Gasteiger partial charge in [0.05, 0.1) is 0 Å². The molecule has 0 unspecified atom stereocenters. The summed E-state index contributed by atoms with van der Waals surface area (Å²) in [6.07, 6.45) is 4.12. The first kappa shape index (κ1) is 14.9. The molecule has 0 radical (unpaired) electrons. The van der Waals surface area contributed by atoms with Gasteiger partial charge in [-0.2, -0.15) is 0 Å². The predicted octanol–water partition coefficient (Wildman–Crippen LogP) is 2.59. The van der Waals surface area contributed by atoms with E-state index in [-0.39, 0.29) is 12.2 Å². The predicted molar refractivity (Wildman–Crippen MR) is 69.0 cm³/mol. The zero-order chi connectivity index (χ0) is 14.0. The van der Waals surface area contributed by atoms with Gasteiger partial charge in [-0.1, -0.05) is 6.08 Å². The molecule has 0 bridgehead atoms. The molecule has 2 atom stereocenters. The molecule has 4 nitrogen and oxygen atoms in total. The van der Waals surface area contributed by atoms with Gasteiger partial charge in [-0.05, 0) is 40.7 Å². The molecule has 1 aliphatic rings. The number of hydrogen-bond acceptors (Lipinski definition) is 4. The van der Waals surface area contributed by atoms with E-state index in [4.69, 9.17) is 14.2 Å². The first-order valence-electron chi connectivity index (χ1n) is 6.02. The largest absolute Gasteiger partial charge is 0.457 e.